The summed E-state index contributed by atoms with van der Waals surface area (Å²) < 4.78 is 1.89. The molecule has 1 amide bonds. The maximum absolute atomic E-state index is 10.9. The van der Waals surface area contributed by atoms with Gasteiger partial charge < -0.3 is 11.2 Å². The minimum absolute atomic E-state index is 0. The zero-order valence-electron chi connectivity index (χ0n) is 39.4. The second kappa shape index (κ2) is 35.2. The number of amides is 1. The van der Waals surface area contributed by atoms with Crippen molar-refractivity contribution in [2.24, 2.45) is 11.8 Å². The van der Waals surface area contributed by atoms with Crippen LogP contribution in [-0.4, -0.2) is 63.7 Å². The van der Waals surface area contributed by atoms with E-state index in [-0.39, 0.29) is 29.8 Å². The SMILES string of the molecule is CC#CC(I)(I)I.CC#C[CH-]I.Cc1ccncc1-c1n[nH]c(C2CCCCC2)n1.Cc1ccncc1-c1n[nH]c(C2CCNCC2)n1.NNC(=O)C1CCCCC1.[C-]#[N+]c1cnccc1C.[V]. The summed E-state index contributed by atoms with van der Waals surface area (Å²) in [5, 5.41) is 18.2. The van der Waals surface area contributed by atoms with Crippen LogP contribution in [0, 0.1) is 61.4 Å². The van der Waals surface area contributed by atoms with E-state index in [4.69, 9.17) is 12.4 Å². The van der Waals surface area contributed by atoms with E-state index in [0.29, 0.717) is 17.5 Å². The van der Waals surface area contributed by atoms with Crippen LogP contribution >= 0.6 is 90.4 Å². The molecule has 6 heterocycles. The van der Waals surface area contributed by atoms with Gasteiger partial charge in [-0.05, 0) is 176 Å². The van der Waals surface area contributed by atoms with Crippen LogP contribution in [0.5, 0.6) is 0 Å². The maximum Gasteiger partial charge on any atom is 0.236 e. The van der Waals surface area contributed by atoms with Crippen molar-refractivity contribution < 1.29 is 23.4 Å². The van der Waals surface area contributed by atoms with Gasteiger partial charge in [0.05, 0.1) is 6.57 Å². The number of halogens is 4. The molecule has 363 valence electrons. The summed E-state index contributed by atoms with van der Waals surface area (Å²) in [5.41, 5.74) is 8.17. The number of nitrogens with one attached hydrogen (secondary N) is 4. The van der Waals surface area contributed by atoms with Crippen LogP contribution in [-0.2, 0) is 23.4 Å². The second-order valence-electron chi connectivity index (χ2n) is 15.8. The Balaban J connectivity index is 0.000000296. The molecule has 3 fully saturated rings. The monoisotopic (exact) mass is 1410 g/mol. The van der Waals surface area contributed by atoms with Crippen molar-refractivity contribution in [2.75, 3.05) is 13.1 Å². The van der Waals surface area contributed by atoms with Crippen molar-refractivity contribution in [2.45, 2.75) is 123 Å². The number of carbonyl (C=O) groups is 1. The number of aromatic nitrogens is 9. The van der Waals surface area contributed by atoms with Gasteiger partial charge in [-0.2, -0.15) is 32.8 Å². The average molecular weight is 1410 g/mol. The molecule has 5 aromatic heterocycles. The first kappa shape index (κ1) is 61.2. The average Bonchev–Trinajstić information content (AvgIpc) is 4.05. The molecule has 5 aromatic rings. The van der Waals surface area contributed by atoms with Gasteiger partial charge in [0.25, 0.3) is 0 Å². The molecule has 2 aliphatic carbocycles. The Hall–Kier alpha value is -2.90. The van der Waals surface area contributed by atoms with Crippen molar-refractivity contribution in [1.29, 1.82) is 0 Å². The van der Waals surface area contributed by atoms with Gasteiger partial charge in [-0.1, -0.05) is 57.4 Å². The maximum atomic E-state index is 10.9. The molecular weight excluding hydrogens is 1350 g/mol. The molecular formula is C49H62I4N13OV-. The zero-order valence-corrected chi connectivity index (χ0v) is 49.5. The minimum Gasteiger partial charge on any atom is -0.330 e. The van der Waals surface area contributed by atoms with Gasteiger partial charge in [-0.3, -0.25) is 41.3 Å². The molecule has 3 aliphatic rings. The smallest absolute Gasteiger partial charge is 0.236 e. The number of hydrogen-bond acceptors (Lipinski definition) is 10. The number of aryl methyl sites for hydroxylation is 3. The van der Waals surface area contributed by atoms with E-state index in [1.165, 1.54) is 56.9 Å². The summed E-state index contributed by atoms with van der Waals surface area (Å²) in [4.78, 5) is 35.6. The normalized spacial score (nSPS) is 14.4. The van der Waals surface area contributed by atoms with E-state index in [2.05, 4.69) is 189 Å². The van der Waals surface area contributed by atoms with Gasteiger partial charge in [-0.15, -0.1) is 10.3 Å². The van der Waals surface area contributed by atoms with Crippen LogP contribution in [0.15, 0.2) is 55.4 Å². The number of nitrogens with two attached hydrogens (primary N) is 1. The number of carbonyl (C=O) groups excluding carboxylic acids is 1. The van der Waals surface area contributed by atoms with Gasteiger partial charge in [0, 0.05) is 84.6 Å². The van der Waals surface area contributed by atoms with Crippen molar-refractivity contribution in [3.05, 3.63) is 99.6 Å². The predicted molar refractivity (Wildman–Crippen MR) is 304 cm³/mol. The number of alkyl halides is 3. The molecule has 1 aliphatic heterocycles. The van der Waals surface area contributed by atoms with E-state index in [1.54, 1.807) is 29.2 Å². The van der Waals surface area contributed by atoms with E-state index in [1.807, 2.05) is 51.4 Å². The quantitative estimate of drug-likeness (QED) is 0.0215. The third-order valence-electron chi connectivity index (χ3n) is 11.0. The summed E-state index contributed by atoms with van der Waals surface area (Å²) >= 11 is 8.92. The van der Waals surface area contributed by atoms with Gasteiger partial charge in [0.2, 0.25) is 11.6 Å². The summed E-state index contributed by atoms with van der Waals surface area (Å²) in [5.74, 6) is 21.1. The van der Waals surface area contributed by atoms with Crippen LogP contribution in [0.4, 0.5) is 5.69 Å². The van der Waals surface area contributed by atoms with Crippen molar-refractivity contribution in [1.82, 2.24) is 56.1 Å². The van der Waals surface area contributed by atoms with Crippen molar-refractivity contribution >= 4 is 102 Å². The van der Waals surface area contributed by atoms with Crippen LogP contribution in [0.2, 0.25) is 0 Å². The number of H-pyrrole nitrogens is 2. The largest absolute Gasteiger partial charge is 0.330 e. The summed E-state index contributed by atoms with van der Waals surface area (Å²) in [6.45, 7) is 18.5. The number of pyridine rings is 3. The van der Waals surface area contributed by atoms with E-state index >= 15 is 0 Å². The third-order valence-corrected chi connectivity index (χ3v) is 12.1. The summed E-state index contributed by atoms with van der Waals surface area (Å²) in [6.07, 6.45) is 24.9. The zero-order chi connectivity index (χ0) is 48.9. The summed E-state index contributed by atoms with van der Waals surface area (Å²) in [7, 11) is 0. The topological polar surface area (TPSA) is 193 Å². The molecule has 0 bridgehead atoms. The van der Waals surface area contributed by atoms with Gasteiger partial charge >= 0.3 is 0 Å². The summed E-state index contributed by atoms with van der Waals surface area (Å²) in [6, 6.07) is 5.80. The molecule has 68 heavy (non-hydrogen) atoms. The fourth-order valence-corrected chi connectivity index (χ4v) is 8.39. The molecule has 6 N–H and O–H groups in total. The molecule has 1 saturated heterocycles. The molecule has 14 nitrogen and oxygen atoms in total. The molecule has 0 atom stereocenters. The van der Waals surface area contributed by atoms with E-state index < -0.39 is 0 Å². The Morgan fingerprint density at radius 3 is 1.59 bits per heavy atom. The first-order chi connectivity index (χ1) is 32.3. The molecule has 8 rings (SSSR count). The number of aromatic amines is 2. The first-order valence-electron chi connectivity index (χ1n) is 22.4. The number of rotatable bonds is 5. The van der Waals surface area contributed by atoms with Crippen LogP contribution in [0.3, 0.4) is 0 Å². The number of hydrogen-bond donors (Lipinski definition) is 5. The molecule has 19 heteroatoms. The molecule has 2 saturated carbocycles. The van der Waals surface area contributed by atoms with Crippen LogP contribution in [0.25, 0.3) is 27.6 Å². The minimum atomic E-state index is 0. The predicted octanol–water partition coefficient (Wildman–Crippen LogP) is 11.9. The van der Waals surface area contributed by atoms with Gasteiger partial charge in [-0.25, -0.2) is 20.7 Å². The fraction of sp³-hybridized carbons (Fsp3) is 0.469. The fourth-order valence-electron chi connectivity index (χ4n) is 7.27. The van der Waals surface area contributed by atoms with Crippen molar-refractivity contribution in [3.8, 4) is 46.5 Å². The first-order valence-corrected chi connectivity index (χ1v) is 26.8. The molecule has 0 aromatic carbocycles. The molecule has 0 spiro atoms. The third kappa shape index (κ3) is 23.3. The van der Waals surface area contributed by atoms with Crippen LogP contribution < -0.4 is 16.6 Å². The molecule has 0 unspecified atom stereocenters. The van der Waals surface area contributed by atoms with Crippen LogP contribution in [0.1, 0.15) is 131 Å². The van der Waals surface area contributed by atoms with Gasteiger partial charge in [0.1, 0.15) is 11.6 Å². The number of piperidine rings is 1. The molecule has 1 radical (unpaired) electrons. The second-order valence-corrected chi connectivity index (χ2v) is 27.5. The van der Waals surface area contributed by atoms with E-state index in [9.17, 15) is 4.79 Å². The number of hydrazine groups is 1. The Morgan fingerprint density at radius 1 is 0.750 bits per heavy atom. The van der Waals surface area contributed by atoms with Crippen molar-refractivity contribution in [3.63, 3.8) is 0 Å². The standard InChI is InChI=1S/C14H18N4.C13H17N5.C7H14N2O.C7H6N2.C4H3I3.C4H4I.V/c1-10-7-8-15-9-12(10)14-16-13(17-18-14)11-5-3-2-4-6-11;1-9-2-5-15-8-11(9)13-16-12(17-18-13)10-3-6-14-7-4-10;8-9-7(10)6-4-2-1-3-5-6;1-6-3-4-9-5-7(6)8-2;1-2-3-4(5,6)7;1-2-3-4-5;/h7-9,11H,2-6H2,1H3,(H,16,17,18);2,5,8,10,14H,3-4,6-7H2,1H3,(H,16,17,18);6H,1-5,8H2,(H,9,10);3-5H,1H3;1H3;4H,1H3;/q;;;;;-1;. The Labute approximate surface area is 470 Å². The Kier molecular flexibility index (Phi) is 31.7. The van der Waals surface area contributed by atoms with E-state index in [0.717, 1.165) is 84.3 Å². The Morgan fingerprint density at radius 2 is 1.22 bits per heavy atom. The van der Waals surface area contributed by atoms with Gasteiger partial charge in [0.15, 0.2) is 11.1 Å². The Bertz CT molecular complexity index is 2280. The number of nitrogens with zero attached hydrogens (tertiary/aromatic N) is 8.